The van der Waals surface area contributed by atoms with E-state index in [4.69, 9.17) is 10.6 Å². The second kappa shape index (κ2) is 4.55. The molecule has 1 heterocycles. The summed E-state index contributed by atoms with van der Waals surface area (Å²) >= 11 is 0. The van der Waals surface area contributed by atoms with Gasteiger partial charge in [0, 0.05) is 20.6 Å². The predicted molar refractivity (Wildman–Crippen MR) is 46.7 cm³/mol. The van der Waals surface area contributed by atoms with E-state index in [0.29, 0.717) is 13.2 Å². The van der Waals surface area contributed by atoms with Crippen LogP contribution in [-0.4, -0.2) is 43.2 Å². The van der Waals surface area contributed by atoms with Gasteiger partial charge in [0.25, 0.3) is 0 Å². The van der Waals surface area contributed by atoms with E-state index in [2.05, 4.69) is 4.84 Å². The lowest BCUT2D eigenvalue weighted by Gasteiger charge is -2.21. The number of likely N-dealkylation sites (tertiary alicyclic amines) is 1. The summed E-state index contributed by atoms with van der Waals surface area (Å²) < 4.78 is 5.18. The molecule has 1 rings (SSSR count). The van der Waals surface area contributed by atoms with Crippen LogP contribution in [0.15, 0.2) is 0 Å². The molecule has 0 radical (unpaired) electrons. The highest BCUT2D eigenvalue weighted by molar-refractivity contribution is 5.74. The summed E-state index contributed by atoms with van der Waals surface area (Å²) in [5.74, 6) is 5.02. The lowest BCUT2D eigenvalue weighted by molar-refractivity contribution is -0.131. The Kier molecular flexibility index (Phi) is 3.65. The number of methoxy groups -OCH3 is 1. The van der Waals surface area contributed by atoms with Crippen LogP contribution in [0.25, 0.3) is 0 Å². The van der Waals surface area contributed by atoms with Crippen molar-refractivity contribution in [2.45, 2.75) is 25.5 Å². The summed E-state index contributed by atoms with van der Waals surface area (Å²) in [4.78, 5) is 17.5. The van der Waals surface area contributed by atoms with E-state index < -0.39 is 0 Å². The molecule has 1 aliphatic rings. The molecule has 1 unspecified atom stereocenters. The topological polar surface area (TPSA) is 64.8 Å². The van der Waals surface area contributed by atoms with Crippen molar-refractivity contribution in [2.24, 2.45) is 5.90 Å². The lowest BCUT2D eigenvalue weighted by Crippen LogP contribution is -2.37. The lowest BCUT2D eigenvalue weighted by atomic mass is 10.2. The van der Waals surface area contributed by atoms with E-state index in [-0.39, 0.29) is 18.1 Å². The molecule has 1 saturated heterocycles. The Morgan fingerprint density at radius 1 is 1.69 bits per heavy atom. The van der Waals surface area contributed by atoms with Crippen LogP contribution in [0.4, 0.5) is 0 Å². The molecule has 0 spiro atoms. The first-order valence-corrected chi connectivity index (χ1v) is 4.30. The second-order valence-corrected chi connectivity index (χ2v) is 3.25. The van der Waals surface area contributed by atoms with Gasteiger partial charge in [-0.15, -0.1) is 0 Å². The summed E-state index contributed by atoms with van der Waals surface area (Å²) in [6.07, 6.45) is 0.914. The number of carbonyl (C=O) groups excluding carboxylic acids is 1. The van der Waals surface area contributed by atoms with Crippen LogP contribution in [0.1, 0.15) is 13.3 Å². The highest BCUT2D eigenvalue weighted by Gasteiger charge is 2.33. The van der Waals surface area contributed by atoms with Crippen molar-refractivity contribution in [3.8, 4) is 0 Å². The fraction of sp³-hybridized carbons (Fsp3) is 0.875. The molecule has 1 aliphatic heterocycles. The van der Waals surface area contributed by atoms with Crippen molar-refractivity contribution < 1.29 is 14.4 Å². The molecule has 5 nitrogen and oxygen atoms in total. The van der Waals surface area contributed by atoms with E-state index in [1.807, 2.05) is 0 Å². The van der Waals surface area contributed by atoms with E-state index in [1.54, 1.807) is 18.9 Å². The number of hydrogen-bond donors (Lipinski definition) is 1. The quantitative estimate of drug-likeness (QED) is 0.607. The number of carbonyl (C=O) groups is 1. The number of rotatable bonds is 3. The molecule has 5 heteroatoms. The van der Waals surface area contributed by atoms with Crippen molar-refractivity contribution in [1.29, 1.82) is 0 Å². The highest BCUT2D eigenvalue weighted by Crippen LogP contribution is 2.19. The Balaban J connectivity index is 2.54. The Bertz CT molecular complexity index is 186. The van der Waals surface area contributed by atoms with Gasteiger partial charge in [-0.2, -0.15) is 0 Å². The maximum absolute atomic E-state index is 11.2. The Morgan fingerprint density at radius 2 is 2.38 bits per heavy atom. The Hall–Kier alpha value is -0.650. The average molecular weight is 188 g/mol. The van der Waals surface area contributed by atoms with Gasteiger partial charge in [0.05, 0.1) is 18.8 Å². The molecule has 0 saturated carbocycles. The van der Waals surface area contributed by atoms with Crippen LogP contribution in [0, 0.1) is 0 Å². The van der Waals surface area contributed by atoms with Gasteiger partial charge in [0.2, 0.25) is 5.91 Å². The van der Waals surface area contributed by atoms with E-state index >= 15 is 0 Å². The summed E-state index contributed by atoms with van der Waals surface area (Å²) in [6, 6.07) is 0.0625. The molecular formula is C8H16N2O3. The van der Waals surface area contributed by atoms with Gasteiger partial charge in [0.1, 0.15) is 0 Å². The number of amides is 1. The molecule has 13 heavy (non-hydrogen) atoms. The van der Waals surface area contributed by atoms with Crippen LogP contribution in [0.2, 0.25) is 0 Å². The minimum absolute atomic E-state index is 0.0431. The minimum Gasteiger partial charge on any atom is -0.380 e. The van der Waals surface area contributed by atoms with Gasteiger partial charge >= 0.3 is 0 Å². The molecule has 0 aromatic heterocycles. The average Bonchev–Trinajstić information content (AvgIpc) is 2.48. The third-order valence-electron chi connectivity index (χ3n) is 2.40. The highest BCUT2D eigenvalue weighted by atomic mass is 16.6. The van der Waals surface area contributed by atoms with Gasteiger partial charge in [-0.3, -0.25) is 4.79 Å². The summed E-state index contributed by atoms with van der Waals surface area (Å²) in [5.41, 5.74) is 0. The molecule has 0 aliphatic carbocycles. The first-order valence-electron chi connectivity index (χ1n) is 4.30. The number of nitrogens with two attached hydrogens (primary N) is 1. The second-order valence-electron chi connectivity index (χ2n) is 3.25. The van der Waals surface area contributed by atoms with Gasteiger partial charge in [-0.1, -0.05) is 0 Å². The minimum atomic E-state index is 0.0431. The zero-order valence-corrected chi connectivity index (χ0v) is 8.03. The summed E-state index contributed by atoms with van der Waals surface area (Å²) in [7, 11) is 1.65. The zero-order chi connectivity index (χ0) is 9.84. The summed E-state index contributed by atoms with van der Waals surface area (Å²) in [5, 5.41) is 0. The Morgan fingerprint density at radius 3 is 2.85 bits per heavy atom. The van der Waals surface area contributed by atoms with Gasteiger partial charge in [-0.05, 0) is 6.42 Å². The van der Waals surface area contributed by atoms with Crippen LogP contribution in [0.3, 0.4) is 0 Å². The molecule has 0 aromatic rings. The van der Waals surface area contributed by atoms with Crippen LogP contribution < -0.4 is 5.90 Å². The van der Waals surface area contributed by atoms with Crippen LogP contribution in [0.5, 0.6) is 0 Å². The van der Waals surface area contributed by atoms with E-state index in [9.17, 15) is 4.79 Å². The molecular weight excluding hydrogens is 172 g/mol. The van der Waals surface area contributed by atoms with Gasteiger partial charge in [-0.25, -0.2) is 5.90 Å². The Labute approximate surface area is 77.7 Å². The summed E-state index contributed by atoms with van der Waals surface area (Å²) in [6.45, 7) is 2.56. The van der Waals surface area contributed by atoms with Crippen molar-refractivity contribution in [3.05, 3.63) is 0 Å². The fourth-order valence-corrected chi connectivity index (χ4v) is 1.70. The SMILES string of the molecule is CO[C@@H]1CC(CON)N(C(C)=O)C1. The maximum Gasteiger partial charge on any atom is 0.219 e. The normalized spacial score (nSPS) is 28.1. The number of hydrogen-bond acceptors (Lipinski definition) is 4. The zero-order valence-electron chi connectivity index (χ0n) is 8.03. The van der Waals surface area contributed by atoms with Crippen molar-refractivity contribution in [3.63, 3.8) is 0 Å². The smallest absolute Gasteiger partial charge is 0.219 e. The van der Waals surface area contributed by atoms with Crippen LogP contribution in [-0.2, 0) is 14.4 Å². The largest absolute Gasteiger partial charge is 0.380 e. The number of ether oxygens (including phenoxy) is 1. The van der Waals surface area contributed by atoms with E-state index in [0.717, 1.165) is 6.42 Å². The van der Waals surface area contributed by atoms with Gasteiger partial charge < -0.3 is 14.5 Å². The molecule has 0 aromatic carbocycles. The molecule has 1 amide bonds. The monoisotopic (exact) mass is 188 g/mol. The first kappa shape index (κ1) is 10.4. The van der Waals surface area contributed by atoms with Crippen molar-refractivity contribution in [1.82, 2.24) is 4.90 Å². The maximum atomic E-state index is 11.2. The van der Waals surface area contributed by atoms with Crippen molar-refractivity contribution in [2.75, 3.05) is 20.3 Å². The fourth-order valence-electron chi connectivity index (χ4n) is 1.70. The third-order valence-corrected chi connectivity index (χ3v) is 2.40. The first-order chi connectivity index (χ1) is 6.19. The molecule has 0 bridgehead atoms. The van der Waals surface area contributed by atoms with E-state index in [1.165, 1.54) is 0 Å². The number of nitrogens with zero attached hydrogens (tertiary/aromatic N) is 1. The standard InChI is InChI=1S/C8H16N2O3/c1-6(11)10-4-8(12-2)3-7(10)5-13-9/h7-8H,3-5,9H2,1-2H3/t7?,8-/m1/s1. The van der Waals surface area contributed by atoms with Gasteiger partial charge in [0.15, 0.2) is 0 Å². The van der Waals surface area contributed by atoms with Crippen molar-refractivity contribution >= 4 is 5.91 Å². The molecule has 2 atom stereocenters. The molecule has 2 N–H and O–H groups in total. The third kappa shape index (κ3) is 2.40. The predicted octanol–water partition coefficient (Wildman–Crippen LogP) is -0.487. The molecule has 1 fully saturated rings. The van der Waals surface area contributed by atoms with Crippen LogP contribution >= 0.6 is 0 Å². The molecule has 76 valence electrons.